The lowest BCUT2D eigenvalue weighted by atomic mass is 10.2. The first kappa shape index (κ1) is 13.5. The van der Waals surface area contributed by atoms with Gasteiger partial charge in [0.05, 0.1) is 0 Å². The van der Waals surface area contributed by atoms with Crippen LogP contribution in [-0.4, -0.2) is 19.6 Å². The molecule has 0 bridgehead atoms. The molecule has 0 aliphatic heterocycles. The normalized spacial score (nSPS) is 11.2. The summed E-state index contributed by atoms with van der Waals surface area (Å²) in [7, 11) is 0. The molecule has 0 unspecified atom stereocenters. The molecule has 0 radical (unpaired) electrons. The maximum Gasteiger partial charge on any atom is 0.124 e. The standard InChI is InChI=1S/C14H19FN2S/c1-2-5-16-6-7-17-10-13-8-11-3-4-12(15)9-14(11)18-13/h3-4,8-9,16-17H,2,5-7,10H2,1H3. The Kier molecular flexibility index (Phi) is 5.11. The second-order valence-corrected chi connectivity index (χ2v) is 5.49. The van der Waals surface area contributed by atoms with E-state index in [0.29, 0.717) is 0 Å². The summed E-state index contributed by atoms with van der Waals surface area (Å²) in [5.74, 6) is -0.160. The quantitative estimate of drug-likeness (QED) is 0.752. The van der Waals surface area contributed by atoms with Crippen LogP contribution in [-0.2, 0) is 6.54 Å². The van der Waals surface area contributed by atoms with Crippen molar-refractivity contribution in [1.82, 2.24) is 10.6 Å². The Morgan fingerprint density at radius 3 is 2.78 bits per heavy atom. The summed E-state index contributed by atoms with van der Waals surface area (Å²) in [6.45, 7) is 6.05. The second-order valence-electron chi connectivity index (χ2n) is 4.32. The van der Waals surface area contributed by atoms with Crippen LogP contribution >= 0.6 is 11.3 Å². The van der Waals surface area contributed by atoms with E-state index in [9.17, 15) is 4.39 Å². The van der Waals surface area contributed by atoms with E-state index in [2.05, 4.69) is 23.6 Å². The van der Waals surface area contributed by atoms with Crippen molar-refractivity contribution in [1.29, 1.82) is 0 Å². The van der Waals surface area contributed by atoms with Crippen LogP contribution in [0.15, 0.2) is 24.3 Å². The van der Waals surface area contributed by atoms with Crippen molar-refractivity contribution in [3.05, 3.63) is 35.0 Å². The van der Waals surface area contributed by atoms with E-state index in [0.717, 1.165) is 36.3 Å². The van der Waals surface area contributed by atoms with Crippen LogP contribution in [0.2, 0.25) is 0 Å². The lowest BCUT2D eigenvalue weighted by Gasteiger charge is -2.03. The zero-order valence-corrected chi connectivity index (χ0v) is 11.4. The average Bonchev–Trinajstić information content (AvgIpc) is 2.75. The van der Waals surface area contributed by atoms with Crippen molar-refractivity contribution in [2.45, 2.75) is 19.9 Å². The van der Waals surface area contributed by atoms with Gasteiger partial charge in [-0.15, -0.1) is 11.3 Å². The summed E-state index contributed by atoms with van der Waals surface area (Å²) in [5.41, 5.74) is 0. The highest BCUT2D eigenvalue weighted by Gasteiger charge is 2.02. The Balaban J connectivity index is 1.81. The van der Waals surface area contributed by atoms with Crippen LogP contribution in [0.3, 0.4) is 0 Å². The van der Waals surface area contributed by atoms with Crippen molar-refractivity contribution < 1.29 is 4.39 Å². The monoisotopic (exact) mass is 266 g/mol. The van der Waals surface area contributed by atoms with Gasteiger partial charge in [-0.3, -0.25) is 0 Å². The molecule has 2 rings (SSSR count). The van der Waals surface area contributed by atoms with Gasteiger partial charge in [-0.25, -0.2) is 4.39 Å². The van der Waals surface area contributed by atoms with E-state index >= 15 is 0 Å². The summed E-state index contributed by atoms with van der Waals surface area (Å²) < 4.78 is 14.1. The molecule has 0 atom stereocenters. The zero-order chi connectivity index (χ0) is 12.8. The smallest absolute Gasteiger partial charge is 0.124 e. The minimum Gasteiger partial charge on any atom is -0.315 e. The molecular weight excluding hydrogens is 247 g/mol. The molecular formula is C14H19FN2S. The molecule has 98 valence electrons. The lowest BCUT2D eigenvalue weighted by Crippen LogP contribution is -2.27. The van der Waals surface area contributed by atoms with E-state index in [1.54, 1.807) is 17.4 Å². The van der Waals surface area contributed by atoms with E-state index in [-0.39, 0.29) is 5.82 Å². The maximum absolute atomic E-state index is 13.1. The third-order valence-electron chi connectivity index (χ3n) is 2.74. The predicted octanol–water partition coefficient (Wildman–Crippen LogP) is 3.13. The number of benzene rings is 1. The summed E-state index contributed by atoms with van der Waals surface area (Å²) in [4.78, 5) is 1.26. The van der Waals surface area contributed by atoms with Crippen LogP contribution in [0, 0.1) is 5.82 Å². The molecule has 1 aromatic carbocycles. The topological polar surface area (TPSA) is 24.1 Å². The molecule has 2 N–H and O–H groups in total. The molecule has 18 heavy (non-hydrogen) atoms. The molecule has 0 aliphatic rings. The highest BCUT2D eigenvalue weighted by atomic mass is 32.1. The van der Waals surface area contributed by atoms with Crippen molar-refractivity contribution in [3.63, 3.8) is 0 Å². The Morgan fingerprint density at radius 2 is 1.94 bits per heavy atom. The molecule has 4 heteroatoms. The van der Waals surface area contributed by atoms with Gasteiger partial charge in [0, 0.05) is 29.2 Å². The minimum absolute atomic E-state index is 0.160. The fraction of sp³-hybridized carbons (Fsp3) is 0.429. The van der Waals surface area contributed by atoms with E-state index in [4.69, 9.17) is 0 Å². The van der Waals surface area contributed by atoms with Gasteiger partial charge in [-0.05, 0) is 36.6 Å². The number of nitrogens with one attached hydrogen (secondary N) is 2. The number of rotatable bonds is 7. The highest BCUT2D eigenvalue weighted by molar-refractivity contribution is 7.19. The molecule has 0 amide bonds. The van der Waals surface area contributed by atoms with Gasteiger partial charge in [-0.2, -0.15) is 0 Å². The molecule has 0 aliphatic carbocycles. The molecule has 0 saturated heterocycles. The summed E-state index contributed by atoms with van der Waals surface area (Å²) in [5, 5.41) is 7.86. The zero-order valence-electron chi connectivity index (χ0n) is 10.6. The van der Waals surface area contributed by atoms with Crippen LogP contribution in [0.1, 0.15) is 18.2 Å². The largest absolute Gasteiger partial charge is 0.315 e. The van der Waals surface area contributed by atoms with Crippen molar-refractivity contribution in [2.75, 3.05) is 19.6 Å². The highest BCUT2D eigenvalue weighted by Crippen LogP contribution is 2.26. The minimum atomic E-state index is -0.160. The summed E-state index contributed by atoms with van der Waals surface area (Å²) in [6, 6.07) is 7.09. The van der Waals surface area contributed by atoms with Crippen LogP contribution in [0.5, 0.6) is 0 Å². The molecule has 1 aromatic heterocycles. The Bertz CT molecular complexity index is 495. The molecule has 0 saturated carbocycles. The summed E-state index contributed by atoms with van der Waals surface area (Å²) >= 11 is 1.66. The third kappa shape index (κ3) is 3.77. The van der Waals surface area contributed by atoms with E-state index < -0.39 is 0 Å². The van der Waals surface area contributed by atoms with Gasteiger partial charge in [0.2, 0.25) is 0 Å². The Morgan fingerprint density at radius 1 is 1.11 bits per heavy atom. The second kappa shape index (κ2) is 6.83. The van der Waals surface area contributed by atoms with Gasteiger partial charge < -0.3 is 10.6 Å². The van der Waals surface area contributed by atoms with Crippen molar-refractivity contribution in [2.24, 2.45) is 0 Å². The van der Waals surface area contributed by atoms with E-state index in [1.807, 2.05) is 6.07 Å². The molecule has 2 aromatic rings. The Hall–Kier alpha value is -0.970. The van der Waals surface area contributed by atoms with Crippen molar-refractivity contribution in [3.8, 4) is 0 Å². The van der Waals surface area contributed by atoms with Gasteiger partial charge in [0.15, 0.2) is 0 Å². The lowest BCUT2D eigenvalue weighted by molar-refractivity contribution is 0.609. The molecule has 0 fully saturated rings. The fourth-order valence-electron chi connectivity index (χ4n) is 1.84. The SMILES string of the molecule is CCCNCCNCc1cc2ccc(F)cc2s1. The number of fused-ring (bicyclic) bond motifs is 1. The van der Waals surface area contributed by atoms with Gasteiger partial charge in [0.1, 0.15) is 5.82 Å². The molecule has 0 spiro atoms. The first-order valence-electron chi connectivity index (χ1n) is 6.39. The first-order chi connectivity index (χ1) is 8.79. The fourth-order valence-corrected chi connectivity index (χ4v) is 2.90. The predicted molar refractivity (Wildman–Crippen MR) is 76.7 cm³/mol. The number of hydrogen-bond donors (Lipinski definition) is 2. The number of hydrogen-bond acceptors (Lipinski definition) is 3. The average molecular weight is 266 g/mol. The molecule has 2 nitrogen and oxygen atoms in total. The molecule has 1 heterocycles. The first-order valence-corrected chi connectivity index (χ1v) is 7.20. The third-order valence-corrected chi connectivity index (χ3v) is 3.84. The van der Waals surface area contributed by atoms with Gasteiger partial charge in [-0.1, -0.05) is 13.0 Å². The van der Waals surface area contributed by atoms with Gasteiger partial charge in [0.25, 0.3) is 0 Å². The number of halogens is 1. The maximum atomic E-state index is 13.1. The van der Waals surface area contributed by atoms with Crippen LogP contribution in [0.4, 0.5) is 4.39 Å². The van der Waals surface area contributed by atoms with Crippen molar-refractivity contribution >= 4 is 21.4 Å². The Labute approximate surface area is 111 Å². The van der Waals surface area contributed by atoms with E-state index in [1.165, 1.54) is 17.4 Å². The number of thiophene rings is 1. The summed E-state index contributed by atoms with van der Waals surface area (Å²) in [6.07, 6.45) is 1.17. The van der Waals surface area contributed by atoms with Gasteiger partial charge >= 0.3 is 0 Å². The van der Waals surface area contributed by atoms with Crippen LogP contribution in [0.25, 0.3) is 10.1 Å². The van der Waals surface area contributed by atoms with Crippen LogP contribution < -0.4 is 10.6 Å².